The van der Waals surface area contributed by atoms with Gasteiger partial charge in [-0.25, -0.2) is 0 Å². The summed E-state index contributed by atoms with van der Waals surface area (Å²) >= 11 is 0. The number of hydrogen-bond acceptors (Lipinski definition) is 2. The number of alkyl halides is 3. The maximum absolute atomic E-state index is 12.4. The van der Waals surface area contributed by atoms with Gasteiger partial charge in [0.15, 0.2) is 0 Å². The molecule has 1 aliphatic rings. The zero-order valence-electron chi connectivity index (χ0n) is 9.59. The topological polar surface area (TPSA) is 24.9 Å². The molecule has 0 bridgehead atoms. The quantitative estimate of drug-likeness (QED) is 0.880. The highest BCUT2D eigenvalue weighted by Gasteiger charge is 2.34. The van der Waals surface area contributed by atoms with E-state index in [-0.39, 0.29) is 6.04 Å². The fourth-order valence-corrected chi connectivity index (χ4v) is 1.92. The van der Waals surface area contributed by atoms with E-state index in [1.165, 1.54) is 6.07 Å². The molecule has 1 heterocycles. The first kappa shape index (κ1) is 12.4. The molecule has 1 N–H and O–H groups in total. The smallest absolute Gasteiger partial charge is 0.309 e. The highest BCUT2D eigenvalue weighted by Crippen LogP contribution is 2.40. The molecular formula is C12H15F3N2. The Kier molecular flexibility index (Phi) is 3.38. The van der Waals surface area contributed by atoms with Gasteiger partial charge in [0.05, 0.1) is 17.3 Å². The Labute approximate surface area is 98.2 Å². The SMILES string of the molecule is CCN[C@@H](c1ccc(C(F)(F)F)cn1)C1CC1. The summed E-state index contributed by atoms with van der Waals surface area (Å²) < 4.78 is 37.2. The average molecular weight is 244 g/mol. The molecule has 94 valence electrons. The molecule has 0 aromatic carbocycles. The molecule has 2 rings (SSSR count). The van der Waals surface area contributed by atoms with Crippen LogP contribution in [0.15, 0.2) is 18.3 Å². The second-order valence-corrected chi connectivity index (χ2v) is 4.34. The van der Waals surface area contributed by atoms with Crippen molar-refractivity contribution in [2.24, 2.45) is 5.92 Å². The summed E-state index contributed by atoms with van der Waals surface area (Å²) in [5.41, 5.74) is 0.0228. The van der Waals surface area contributed by atoms with E-state index < -0.39 is 11.7 Å². The van der Waals surface area contributed by atoms with Crippen molar-refractivity contribution >= 4 is 0 Å². The van der Waals surface area contributed by atoms with E-state index in [9.17, 15) is 13.2 Å². The van der Waals surface area contributed by atoms with Gasteiger partial charge in [-0.1, -0.05) is 6.92 Å². The van der Waals surface area contributed by atoms with E-state index in [4.69, 9.17) is 0 Å². The predicted molar refractivity (Wildman–Crippen MR) is 58.4 cm³/mol. The van der Waals surface area contributed by atoms with Crippen molar-refractivity contribution < 1.29 is 13.2 Å². The monoisotopic (exact) mass is 244 g/mol. The molecule has 0 unspecified atom stereocenters. The van der Waals surface area contributed by atoms with Crippen molar-refractivity contribution in [1.82, 2.24) is 10.3 Å². The summed E-state index contributed by atoms with van der Waals surface area (Å²) in [4.78, 5) is 3.94. The van der Waals surface area contributed by atoms with Crippen LogP contribution in [0, 0.1) is 5.92 Å². The van der Waals surface area contributed by atoms with Crippen LogP contribution in [-0.2, 0) is 6.18 Å². The molecule has 0 saturated heterocycles. The van der Waals surface area contributed by atoms with Gasteiger partial charge in [-0.2, -0.15) is 13.2 Å². The van der Waals surface area contributed by atoms with Crippen LogP contribution in [0.1, 0.15) is 37.1 Å². The van der Waals surface area contributed by atoms with Crippen LogP contribution >= 0.6 is 0 Å². The minimum absolute atomic E-state index is 0.0993. The lowest BCUT2D eigenvalue weighted by Crippen LogP contribution is -2.23. The van der Waals surface area contributed by atoms with Gasteiger partial charge < -0.3 is 5.32 Å². The van der Waals surface area contributed by atoms with Gasteiger partial charge >= 0.3 is 6.18 Å². The standard InChI is InChI=1S/C12H15F3N2/c1-2-16-11(8-3-4-8)10-6-5-9(7-17-10)12(13,14)15/h5-8,11,16H,2-4H2,1H3/t11-/m1/s1. The molecule has 2 nitrogen and oxygen atoms in total. The zero-order chi connectivity index (χ0) is 12.5. The summed E-state index contributed by atoms with van der Waals surface area (Å²) in [5, 5.41) is 3.28. The van der Waals surface area contributed by atoms with E-state index in [0.29, 0.717) is 11.6 Å². The molecule has 1 aromatic rings. The van der Waals surface area contributed by atoms with E-state index in [1.807, 2.05) is 6.92 Å². The van der Waals surface area contributed by atoms with Gasteiger partial charge in [-0.3, -0.25) is 4.98 Å². The largest absolute Gasteiger partial charge is 0.417 e. The second kappa shape index (κ2) is 4.64. The second-order valence-electron chi connectivity index (χ2n) is 4.34. The molecule has 1 fully saturated rings. The molecule has 0 aliphatic heterocycles. The highest BCUT2D eigenvalue weighted by molar-refractivity contribution is 5.20. The van der Waals surface area contributed by atoms with Crippen LogP contribution in [0.5, 0.6) is 0 Å². The summed E-state index contributed by atoms with van der Waals surface area (Å²) in [5.74, 6) is 0.527. The number of aromatic nitrogens is 1. The van der Waals surface area contributed by atoms with Gasteiger partial charge in [-0.15, -0.1) is 0 Å². The highest BCUT2D eigenvalue weighted by atomic mass is 19.4. The Morgan fingerprint density at radius 1 is 1.41 bits per heavy atom. The molecule has 17 heavy (non-hydrogen) atoms. The lowest BCUT2D eigenvalue weighted by atomic mass is 10.1. The van der Waals surface area contributed by atoms with Crippen molar-refractivity contribution in [3.05, 3.63) is 29.6 Å². The van der Waals surface area contributed by atoms with Crippen LogP contribution in [0.2, 0.25) is 0 Å². The number of rotatable bonds is 4. The van der Waals surface area contributed by atoms with Crippen molar-refractivity contribution in [3.63, 3.8) is 0 Å². The van der Waals surface area contributed by atoms with Gasteiger partial charge in [0, 0.05) is 6.20 Å². The van der Waals surface area contributed by atoms with Crippen LogP contribution in [-0.4, -0.2) is 11.5 Å². The van der Waals surface area contributed by atoms with Gasteiger partial charge in [0.25, 0.3) is 0 Å². The van der Waals surface area contributed by atoms with E-state index in [0.717, 1.165) is 31.6 Å². The van der Waals surface area contributed by atoms with Crippen LogP contribution in [0.25, 0.3) is 0 Å². The summed E-state index contributed by atoms with van der Waals surface area (Å²) in [6, 6.07) is 2.69. The number of pyridine rings is 1. The third-order valence-corrected chi connectivity index (χ3v) is 2.95. The molecule has 0 spiro atoms. The molecule has 1 aliphatic carbocycles. The number of nitrogens with zero attached hydrogens (tertiary/aromatic N) is 1. The molecule has 1 atom stereocenters. The summed E-state index contributed by atoms with van der Waals surface area (Å²) in [6.07, 6.45) is -1.14. The molecule has 0 amide bonds. The van der Waals surface area contributed by atoms with Gasteiger partial charge in [0.2, 0.25) is 0 Å². The maximum Gasteiger partial charge on any atom is 0.417 e. The third-order valence-electron chi connectivity index (χ3n) is 2.95. The number of halogens is 3. The third kappa shape index (κ3) is 2.97. The van der Waals surface area contributed by atoms with Crippen LogP contribution in [0.4, 0.5) is 13.2 Å². The summed E-state index contributed by atoms with van der Waals surface area (Å²) in [7, 11) is 0. The lowest BCUT2D eigenvalue weighted by Gasteiger charge is -2.17. The minimum atomic E-state index is -4.31. The number of nitrogens with one attached hydrogen (secondary N) is 1. The van der Waals surface area contributed by atoms with Gasteiger partial charge in [-0.05, 0) is 37.4 Å². The first-order valence-electron chi connectivity index (χ1n) is 5.79. The van der Waals surface area contributed by atoms with E-state index in [2.05, 4.69) is 10.3 Å². The van der Waals surface area contributed by atoms with E-state index in [1.54, 1.807) is 0 Å². The molecule has 1 aromatic heterocycles. The predicted octanol–water partition coefficient (Wildman–Crippen LogP) is 3.16. The summed E-state index contributed by atoms with van der Waals surface area (Å²) in [6.45, 7) is 2.78. The Bertz CT molecular complexity index is 368. The van der Waals surface area contributed by atoms with E-state index >= 15 is 0 Å². The molecular weight excluding hydrogens is 229 g/mol. The lowest BCUT2D eigenvalue weighted by molar-refractivity contribution is -0.137. The van der Waals surface area contributed by atoms with Crippen LogP contribution in [0.3, 0.4) is 0 Å². The first-order valence-corrected chi connectivity index (χ1v) is 5.79. The maximum atomic E-state index is 12.4. The average Bonchev–Trinajstić information content (AvgIpc) is 3.09. The first-order chi connectivity index (χ1) is 8.02. The number of hydrogen-bond donors (Lipinski definition) is 1. The van der Waals surface area contributed by atoms with Crippen molar-refractivity contribution in [2.75, 3.05) is 6.54 Å². The molecule has 1 saturated carbocycles. The Morgan fingerprint density at radius 2 is 2.12 bits per heavy atom. The Balaban J connectivity index is 2.15. The zero-order valence-corrected chi connectivity index (χ0v) is 9.59. The van der Waals surface area contributed by atoms with Gasteiger partial charge in [0.1, 0.15) is 0 Å². The van der Waals surface area contributed by atoms with Crippen molar-refractivity contribution in [3.8, 4) is 0 Å². The Morgan fingerprint density at radius 3 is 2.53 bits per heavy atom. The fraction of sp³-hybridized carbons (Fsp3) is 0.583. The van der Waals surface area contributed by atoms with Crippen molar-refractivity contribution in [2.45, 2.75) is 32.0 Å². The Hall–Kier alpha value is -1.10. The van der Waals surface area contributed by atoms with Crippen LogP contribution < -0.4 is 5.32 Å². The normalized spacial score (nSPS) is 18.1. The molecule has 0 radical (unpaired) electrons. The fourth-order valence-electron chi connectivity index (χ4n) is 1.92. The molecule has 5 heteroatoms. The van der Waals surface area contributed by atoms with Crippen molar-refractivity contribution in [1.29, 1.82) is 0 Å². The minimum Gasteiger partial charge on any atom is -0.309 e.